The summed E-state index contributed by atoms with van der Waals surface area (Å²) in [6.45, 7) is 6.44. The van der Waals surface area contributed by atoms with Crippen molar-refractivity contribution in [2.75, 3.05) is 6.61 Å². The average molecular weight is 345 g/mol. The van der Waals surface area contributed by atoms with Crippen LogP contribution < -0.4 is 5.32 Å². The van der Waals surface area contributed by atoms with Crippen LogP contribution in [-0.2, 0) is 20.7 Å². The van der Waals surface area contributed by atoms with E-state index in [9.17, 15) is 9.90 Å². The van der Waals surface area contributed by atoms with Gasteiger partial charge < -0.3 is 14.6 Å². The number of nitrogens with one attached hydrogen (secondary N) is 1. The number of fused-ring (bicyclic) bond motifs is 1. The van der Waals surface area contributed by atoms with Gasteiger partial charge in [0.25, 0.3) is 0 Å². The van der Waals surface area contributed by atoms with E-state index >= 15 is 0 Å². The van der Waals surface area contributed by atoms with Gasteiger partial charge in [-0.25, -0.2) is 0 Å². The summed E-state index contributed by atoms with van der Waals surface area (Å²) in [5.41, 5.74) is 1.99. The summed E-state index contributed by atoms with van der Waals surface area (Å²) in [6, 6.07) is 7.16. The van der Waals surface area contributed by atoms with Gasteiger partial charge in [-0.05, 0) is 50.8 Å². The first kappa shape index (κ1) is 18.0. The fourth-order valence-corrected chi connectivity index (χ4v) is 3.92. The second-order valence-electron chi connectivity index (χ2n) is 7.35. The number of allylic oxidation sites excluding steroid dienone is 1. The topological polar surface area (TPSA) is 67.8 Å². The Hall–Kier alpha value is -1.85. The molecule has 0 aromatic heterocycles. The third-order valence-electron chi connectivity index (χ3n) is 5.00. The molecule has 1 saturated carbocycles. The van der Waals surface area contributed by atoms with Crippen molar-refractivity contribution in [2.45, 2.75) is 57.9 Å². The average Bonchev–Trinajstić information content (AvgIpc) is 3.00. The molecule has 1 aliphatic carbocycles. The molecule has 136 valence electrons. The second-order valence-corrected chi connectivity index (χ2v) is 7.35. The first-order valence-electron chi connectivity index (χ1n) is 8.93. The van der Waals surface area contributed by atoms with Crippen LogP contribution >= 0.6 is 0 Å². The zero-order valence-corrected chi connectivity index (χ0v) is 15.1. The van der Waals surface area contributed by atoms with E-state index in [4.69, 9.17) is 9.47 Å². The monoisotopic (exact) mass is 345 g/mol. The van der Waals surface area contributed by atoms with Crippen LogP contribution in [0.2, 0.25) is 0 Å². The number of carbonyl (C=O) groups is 1. The van der Waals surface area contributed by atoms with Crippen molar-refractivity contribution in [1.29, 1.82) is 0 Å². The molecule has 5 heteroatoms. The molecular formula is C20H27NO4. The standard InChI is InChI=1S/C20H27NO4/c1-4-16-14(11-17-19(16)21-20(2,3)25-17)12-18(23)24-10-9-13-5-7-15(22)8-6-13/h4-8,14,17,19,21-22H,9-12H2,1-3H3/b16-4+/t14-,17+,19-/m0/s1. The van der Waals surface area contributed by atoms with Gasteiger partial charge in [-0.1, -0.05) is 23.8 Å². The van der Waals surface area contributed by atoms with Crippen molar-refractivity contribution < 1.29 is 19.4 Å². The van der Waals surface area contributed by atoms with Gasteiger partial charge in [0.1, 0.15) is 11.5 Å². The number of carbonyl (C=O) groups excluding carboxylic acids is 1. The third-order valence-corrected chi connectivity index (χ3v) is 5.00. The quantitative estimate of drug-likeness (QED) is 0.634. The summed E-state index contributed by atoms with van der Waals surface area (Å²) >= 11 is 0. The van der Waals surface area contributed by atoms with E-state index in [-0.39, 0.29) is 35.5 Å². The molecule has 3 atom stereocenters. The predicted octanol–water partition coefficient (Wildman–Crippen LogP) is 2.93. The van der Waals surface area contributed by atoms with Gasteiger partial charge >= 0.3 is 5.97 Å². The predicted molar refractivity (Wildman–Crippen MR) is 95.1 cm³/mol. The minimum atomic E-state index is -0.306. The smallest absolute Gasteiger partial charge is 0.306 e. The van der Waals surface area contributed by atoms with Crippen LogP contribution in [0.15, 0.2) is 35.9 Å². The summed E-state index contributed by atoms with van der Waals surface area (Å²) in [5, 5.41) is 12.8. The van der Waals surface area contributed by atoms with E-state index in [1.165, 1.54) is 5.57 Å². The molecule has 25 heavy (non-hydrogen) atoms. The maximum atomic E-state index is 12.2. The van der Waals surface area contributed by atoms with Crippen molar-refractivity contribution >= 4 is 5.97 Å². The second kappa shape index (κ2) is 7.18. The molecule has 2 fully saturated rings. The highest BCUT2D eigenvalue weighted by Gasteiger charge is 2.48. The molecular weight excluding hydrogens is 318 g/mol. The number of hydrogen-bond acceptors (Lipinski definition) is 5. The van der Waals surface area contributed by atoms with Gasteiger partial charge in [-0.15, -0.1) is 0 Å². The lowest BCUT2D eigenvalue weighted by Crippen LogP contribution is -2.39. The van der Waals surface area contributed by atoms with Crippen molar-refractivity contribution in [3.8, 4) is 5.75 Å². The lowest BCUT2D eigenvalue weighted by atomic mass is 9.97. The zero-order chi connectivity index (χ0) is 18.0. The van der Waals surface area contributed by atoms with Gasteiger partial charge in [0, 0.05) is 6.42 Å². The molecule has 1 aromatic rings. The lowest BCUT2D eigenvalue weighted by molar-refractivity contribution is -0.144. The molecule has 1 aromatic carbocycles. The molecule has 0 spiro atoms. The molecule has 0 bridgehead atoms. The molecule has 0 unspecified atom stereocenters. The Balaban J connectivity index is 1.47. The number of phenols is 1. The third kappa shape index (κ3) is 4.22. The van der Waals surface area contributed by atoms with Gasteiger partial charge in [-0.3, -0.25) is 10.1 Å². The van der Waals surface area contributed by atoms with Crippen LogP contribution in [0.4, 0.5) is 0 Å². The van der Waals surface area contributed by atoms with Crippen molar-refractivity contribution in [1.82, 2.24) is 5.32 Å². The van der Waals surface area contributed by atoms with E-state index in [2.05, 4.69) is 11.4 Å². The first-order valence-corrected chi connectivity index (χ1v) is 8.93. The highest BCUT2D eigenvalue weighted by atomic mass is 16.5. The minimum Gasteiger partial charge on any atom is -0.508 e. The van der Waals surface area contributed by atoms with Crippen LogP contribution in [0.25, 0.3) is 0 Å². The molecule has 2 N–H and O–H groups in total. The summed E-state index contributed by atoms with van der Waals surface area (Å²) in [4.78, 5) is 12.2. The summed E-state index contributed by atoms with van der Waals surface area (Å²) in [6.07, 6.45) is 4.14. The van der Waals surface area contributed by atoms with Gasteiger partial charge in [0.05, 0.1) is 25.2 Å². The number of rotatable bonds is 5. The maximum Gasteiger partial charge on any atom is 0.306 e. The van der Waals surface area contributed by atoms with Crippen molar-refractivity contribution in [3.05, 3.63) is 41.5 Å². The largest absolute Gasteiger partial charge is 0.508 e. The Kier molecular flexibility index (Phi) is 5.16. The Labute approximate surface area is 149 Å². The van der Waals surface area contributed by atoms with E-state index in [0.29, 0.717) is 19.4 Å². The van der Waals surface area contributed by atoms with Crippen molar-refractivity contribution in [3.63, 3.8) is 0 Å². The first-order chi connectivity index (χ1) is 11.9. The van der Waals surface area contributed by atoms with Crippen LogP contribution in [0.3, 0.4) is 0 Å². The number of esters is 1. The van der Waals surface area contributed by atoms with E-state index in [0.717, 1.165) is 12.0 Å². The molecule has 2 aliphatic rings. The number of aromatic hydroxyl groups is 1. The minimum absolute atomic E-state index is 0.135. The zero-order valence-electron chi connectivity index (χ0n) is 15.1. The molecule has 0 amide bonds. The van der Waals surface area contributed by atoms with Gasteiger partial charge in [0.2, 0.25) is 0 Å². The Morgan fingerprint density at radius 1 is 1.40 bits per heavy atom. The number of phenolic OH excluding ortho intramolecular Hbond substituents is 1. The highest BCUT2D eigenvalue weighted by molar-refractivity contribution is 5.70. The summed E-state index contributed by atoms with van der Waals surface area (Å²) in [5.74, 6) is 0.262. The van der Waals surface area contributed by atoms with Crippen molar-refractivity contribution in [2.24, 2.45) is 5.92 Å². The van der Waals surface area contributed by atoms with Gasteiger partial charge in [0.15, 0.2) is 0 Å². The molecule has 0 radical (unpaired) electrons. The van der Waals surface area contributed by atoms with Gasteiger partial charge in [-0.2, -0.15) is 0 Å². The van der Waals surface area contributed by atoms with Crippen LogP contribution in [0, 0.1) is 5.92 Å². The lowest BCUT2D eigenvalue weighted by Gasteiger charge is -2.22. The van der Waals surface area contributed by atoms with Crippen LogP contribution in [-0.4, -0.2) is 35.6 Å². The van der Waals surface area contributed by atoms with E-state index < -0.39 is 0 Å². The number of hydrogen-bond donors (Lipinski definition) is 2. The molecule has 5 nitrogen and oxygen atoms in total. The van der Waals surface area contributed by atoms with Crippen LogP contribution in [0.5, 0.6) is 5.75 Å². The molecule has 3 rings (SSSR count). The fraction of sp³-hybridized carbons (Fsp3) is 0.550. The Bertz CT molecular complexity index is 650. The fourth-order valence-electron chi connectivity index (χ4n) is 3.92. The highest BCUT2D eigenvalue weighted by Crippen LogP contribution is 2.41. The summed E-state index contributed by atoms with van der Waals surface area (Å²) < 4.78 is 11.4. The Morgan fingerprint density at radius 3 is 2.80 bits per heavy atom. The molecule has 1 saturated heterocycles. The Morgan fingerprint density at radius 2 is 2.12 bits per heavy atom. The van der Waals surface area contributed by atoms with E-state index in [1.54, 1.807) is 12.1 Å². The normalized spacial score (nSPS) is 28.9. The number of ether oxygens (including phenoxy) is 2. The number of benzene rings is 1. The molecule has 1 heterocycles. The SMILES string of the molecule is C/C=C1\[C@H](CC(=O)OCCc2ccc(O)cc2)C[C@H]2OC(C)(C)N[C@@H]12. The molecule has 1 aliphatic heterocycles. The van der Waals surface area contributed by atoms with E-state index in [1.807, 2.05) is 32.9 Å². The maximum absolute atomic E-state index is 12.2. The summed E-state index contributed by atoms with van der Waals surface area (Å²) in [7, 11) is 0. The van der Waals surface area contributed by atoms with Crippen LogP contribution in [0.1, 0.15) is 39.2 Å².